The second-order valence-electron chi connectivity index (χ2n) is 2.16. The molecule has 0 aliphatic heterocycles. The molecule has 1 N–H and O–H groups in total. The highest BCUT2D eigenvalue weighted by atomic mass is 127. The van der Waals surface area contributed by atoms with E-state index in [1.807, 2.05) is 13.8 Å². The normalized spacial score (nSPS) is 9.78. The van der Waals surface area contributed by atoms with E-state index >= 15 is 0 Å². The van der Waals surface area contributed by atoms with Crippen molar-refractivity contribution in [3.05, 3.63) is 0 Å². The largest absolute Gasteiger partial charge is 0.354 e. The van der Waals surface area contributed by atoms with Crippen LogP contribution in [0.1, 0.15) is 20.3 Å². The van der Waals surface area contributed by atoms with Gasteiger partial charge in [0.2, 0.25) is 5.91 Å². The quantitative estimate of drug-likeness (QED) is 0.586. The number of hydrogen-bond acceptors (Lipinski definition) is 1. The van der Waals surface area contributed by atoms with Crippen molar-refractivity contribution < 1.29 is 4.79 Å². The summed E-state index contributed by atoms with van der Waals surface area (Å²) >= 11 is 2.19. The Bertz CT molecular complexity index is 93.1. The number of halogens is 1. The smallest absolute Gasteiger partial charge is 0.220 e. The van der Waals surface area contributed by atoms with Gasteiger partial charge in [-0.15, -0.1) is 0 Å². The lowest BCUT2D eigenvalue weighted by Gasteiger charge is -2.05. The van der Waals surface area contributed by atoms with Crippen LogP contribution in [-0.4, -0.2) is 16.4 Å². The van der Waals surface area contributed by atoms with Crippen molar-refractivity contribution in [2.24, 2.45) is 0 Å². The molecule has 0 atom stereocenters. The lowest BCUT2D eigenvalue weighted by Crippen LogP contribution is -2.29. The molecule has 0 bridgehead atoms. The van der Waals surface area contributed by atoms with E-state index in [0.717, 1.165) is 4.43 Å². The molecule has 0 aromatic rings. The van der Waals surface area contributed by atoms with Gasteiger partial charge in [-0.25, -0.2) is 0 Å². The molecule has 0 saturated carbocycles. The SMILES string of the molecule is CC(C)NC(=O)CCI. The van der Waals surface area contributed by atoms with Crippen molar-refractivity contribution in [1.29, 1.82) is 0 Å². The van der Waals surface area contributed by atoms with Gasteiger partial charge < -0.3 is 5.32 Å². The van der Waals surface area contributed by atoms with Crippen LogP contribution in [0.5, 0.6) is 0 Å². The summed E-state index contributed by atoms with van der Waals surface area (Å²) in [6.45, 7) is 3.93. The molecule has 54 valence electrons. The zero-order valence-corrected chi connectivity index (χ0v) is 7.94. The Hall–Kier alpha value is 0.200. The van der Waals surface area contributed by atoms with Gasteiger partial charge in [-0.2, -0.15) is 0 Å². The van der Waals surface area contributed by atoms with Crippen molar-refractivity contribution in [3.8, 4) is 0 Å². The van der Waals surface area contributed by atoms with Crippen molar-refractivity contribution in [2.45, 2.75) is 26.3 Å². The van der Waals surface area contributed by atoms with Crippen LogP contribution in [0, 0.1) is 0 Å². The Morgan fingerprint density at radius 2 is 2.22 bits per heavy atom. The second kappa shape index (κ2) is 5.02. The zero-order chi connectivity index (χ0) is 7.28. The van der Waals surface area contributed by atoms with Crippen molar-refractivity contribution in [3.63, 3.8) is 0 Å². The second-order valence-corrected chi connectivity index (χ2v) is 3.24. The Kier molecular flexibility index (Phi) is 5.13. The van der Waals surface area contributed by atoms with E-state index in [1.165, 1.54) is 0 Å². The molecular weight excluding hydrogens is 229 g/mol. The van der Waals surface area contributed by atoms with Gasteiger partial charge in [0, 0.05) is 16.9 Å². The third-order valence-electron chi connectivity index (χ3n) is 0.771. The van der Waals surface area contributed by atoms with Crippen LogP contribution in [0.2, 0.25) is 0 Å². The third-order valence-corrected chi connectivity index (χ3v) is 1.31. The fourth-order valence-electron chi connectivity index (χ4n) is 0.480. The van der Waals surface area contributed by atoms with Crippen LogP contribution in [0.25, 0.3) is 0 Å². The van der Waals surface area contributed by atoms with E-state index in [4.69, 9.17) is 0 Å². The minimum Gasteiger partial charge on any atom is -0.354 e. The molecule has 0 aliphatic rings. The molecule has 0 aliphatic carbocycles. The van der Waals surface area contributed by atoms with Crippen LogP contribution >= 0.6 is 22.6 Å². The van der Waals surface area contributed by atoms with Crippen molar-refractivity contribution in [2.75, 3.05) is 4.43 Å². The molecule has 0 fully saturated rings. The molecule has 0 aromatic heterocycles. The summed E-state index contributed by atoms with van der Waals surface area (Å²) in [6.07, 6.45) is 0.638. The lowest BCUT2D eigenvalue weighted by molar-refractivity contribution is -0.121. The predicted molar refractivity (Wildman–Crippen MR) is 46.8 cm³/mol. The number of rotatable bonds is 3. The van der Waals surface area contributed by atoms with Gasteiger partial charge >= 0.3 is 0 Å². The molecule has 0 aromatic carbocycles. The van der Waals surface area contributed by atoms with Crippen LogP contribution in [-0.2, 0) is 4.79 Å². The molecule has 0 unspecified atom stereocenters. The minimum absolute atomic E-state index is 0.152. The Labute approximate surface area is 69.5 Å². The van der Waals surface area contributed by atoms with Crippen LogP contribution < -0.4 is 5.32 Å². The Morgan fingerprint density at radius 3 is 2.56 bits per heavy atom. The van der Waals surface area contributed by atoms with Crippen molar-refractivity contribution in [1.82, 2.24) is 5.32 Å². The Balaban J connectivity index is 3.27. The van der Waals surface area contributed by atoms with Crippen LogP contribution in [0.3, 0.4) is 0 Å². The third kappa shape index (κ3) is 6.08. The first kappa shape index (κ1) is 9.20. The summed E-state index contributed by atoms with van der Waals surface area (Å²) < 4.78 is 0.899. The molecular formula is C6H12INO. The van der Waals surface area contributed by atoms with Gasteiger partial charge in [0.05, 0.1) is 0 Å². The summed E-state index contributed by atoms with van der Waals surface area (Å²) in [4.78, 5) is 10.7. The van der Waals surface area contributed by atoms with Gasteiger partial charge in [0.25, 0.3) is 0 Å². The summed E-state index contributed by atoms with van der Waals surface area (Å²) in [6, 6.07) is 0.278. The highest BCUT2D eigenvalue weighted by Crippen LogP contribution is 1.88. The average molecular weight is 241 g/mol. The maximum absolute atomic E-state index is 10.7. The van der Waals surface area contributed by atoms with Crippen molar-refractivity contribution >= 4 is 28.5 Å². The first-order valence-corrected chi connectivity index (χ1v) is 4.54. The fraction of sp³-hybridized carbons (Fsp3) is 0.833. The molecule has 1 amide bonds. The zero-order valence-electron chi connectivity index (χ0n) is 5.78. The van der Waals surface area contributed by atoms with E-state index in [0.29, 0.717) is 6.42 Å². The number of carbonyl (C=O) groups is 1. The molecule has 2 nitrogen and oxygen atoms in total. The molecule has 0 radical (unpaired) electrons. The average Bonchev–Trinajstić information content (AvgIpc) is 1.63. The minimum atomic E-state index is 0.152. The van der Waals surface area contributed by atoms with Crippen LogP contribution in [0.4, 0.5) is 0 Å². The Morgan fingerprint density at radius 1 is 1.67 bits per heavy atom. The number of alkyl halides is 1. The van der Waals surface area contributed by atoms with Crippen LogP contribution in [0.15, 0.2) is 0 Å². The van der Waals surface area contributed by atoms with Gasteiger partial charge in [-0.05, 0) is 13.8 Å². The van der Waals surface area contributed by atoms with E-state index < -0.39 is 0 Å². The molecule has 0 rings (SSSR count). The van der Waals surface area contributed by atoms with Gasteiger partial charge in [0.15, 0.2) is 0 Å². The molecule has 3 heteroatoms. The summed E-state index contributed by atoms with van der Waals surface area (Å²) in [5.41, 5.74) is 0. The standard InChI is InChI=1S/C6H12INO/c1-5(2)8-6(9)3-4-7/h5H,3-4H2,1-2H3,(H,8,9). The number of hydrogen-bond donors (Lipinski definition) is 1. The predicted octanol–water partition coefficient (Wildman–Crippen LogP) is 1.34. The highest BCUT2D eigenvalue weighted by molar-refractivity contribution is 14.1. The number of carbonyl (C=O) groups excluding carboxylic acids is 1. The number of nitrogens with one attached hydrogen (secondary N) is 1. The lowest BCUT2D eigenvalue weighted by atomic mass is 10.3. The number of amides is 1. The monoisotopic (exact) mass is 241 g/mol. The fourth-order valence-corrected chi connectivity index (χ4v) is 0.970. The van der Waals surface area contributed by atoms with Gasteiger partial charge in [-0.1, -0.05) is 22.6 Å². The van der Waals surface area contributed by atoms with E-state index in [-0.39, 0.29) is 11.9 Å². The molecule has 9 heavy (non-hydrogen) atoms. The maximum atomic E-state index is 10.7. The topological polar surface area (TPSA) is 29.1 Å². The van der Waals surface area contributed by atoms with E-state index in [9.17, 15) is 4.79 Å². The van der Waals surface area contributed by atoms with E-state index in [1.54, 1.807) is 0 Å². The summed E-state index contributed by atoms with van der Waals surface area (Å²) in [5, 5.41) is 2.80. The van der Waals surface area contributed by atoms with Gasteiger partial charge in [-0.3, -0.25) is 4.79 Å². The van der Waals surface area contributed by atoms with E-state index in [2.05, 4.69) is 27.9 Å². The molecule has 0 spiro atoms. The van der Waals surface area contributed by atoms with Gasteiger partial charge in [0.1, 0.15) is 0 Å². The summed E-state index contributed by atoms with van der Waals surface area (Å²) in [7, 11) is 0. The maximum Gasteiger partial charge on any atom is 0.220 e. The first-order chi connectivity index (χ1) is 4.16. The molecule has 0 heterocycles. The summed E-state index contributed by atoms with van der Waals surface area (Å²) in [5.74, 6) is 0.152. The molecule has 0 saturated heterocycles. The highest BCUT2D eigenvalue weighted by Gasteiger charge is 1.99. The first-order valence-electron chi connectivity index (χ1n) is 3.02.